The minimum atomic E-state index is -0.192. The number of ether oxygens (including phenoxy) is 1. The first-order chi connectivity index (χ1) is 8.63. The summed E-state index contributed by atoms with van der Waals surface area (Å²) in [6.07, 6.45) is -0.192. The first kappa shape index (κ1) is 13.0. The fraction of sp³-hybridized carbons (Fsp3) is 0.231. The zero-order chi connectivity index (χ0) is 13.1. The number of anilines is 1. The summed E-state index contributed by atoms with van der Waals surface area (Å²) in [5.41, 5.74) is 7.67. The summed E-state index contributed by atoms with van der Waals surface area (Å²) >= 11 is 3.43. The summed E-state index contributed by atoms with van der Waals surface area (Å²) in [6.45, 7) is 1.89. The van der Waals surface area contributed by atoms with Crippen LogP contribution in [0.4, 0.5) is 5.82 Å². The Labute approximate surface area is 114 Å². The number of nitrogens with zero attached hydrogens (tertiary/aromatic N) is 2. The van der Waals surface area contributed by atoms with Gasteiger partial charge in [-0.25, -0.2) is 9.97 Å². The lowest BCUT2D eigenvalue weighted by molar-refractivity contribution is 0.112. The van der Waals surface area contributed by atoms with Gasteiger partial charge in [-0.3, -0.25) is 0 Å². The molecule has 0 spiro atoms. The number of aromatic nitrogens is 2. The van der Waals surface area contributed by atoms with Crippen LogP contribution in [0.25, 0.3) is 11.3 Å². The molecule has 0 bridgehead atoms. The lowest BCUT2D eigenvalue weighted by Gasteiger charge is -2.12. The highest BCUT2D eigenvalue weighted by Crippen LogP contribution is 2.31. The predicted molar refractivity (Wildman–Crippen MR) is 75.0 cm³/mol. The molecule has 1 aromatic heterocycles. The van der Waals surface area contributed by atoms with E-state index >= 15 is 0 Å². The fourth-order valence-corrected chi connectivity index (χ4v) is 1.96. The zero-order valence-corrected chi connectivity index (χ0v) is 11.8. The maximum Gasteiger partial charge on any atom is 0.159 e. The van der Waals surface area contributed by atoms with Gasteiger partial charge in [0.1, 0.15) is 11.9 Å². The summed E-state index contributed by atoms with van der Waals surface area (Å²) < 4.78 is 5.94. The molecule has 0 aliphatic heterocycles. The van der Waals surface area contributed by atoms with E-state index in [-0.39, 0.29) is 6.10 Å². The van der Waals surface area contributed by atoms with Gasteiger partial charge in [0.25, 0.3) is 0 Å². The van der Waals surface area contributed by atoms with Crippen molar-refractivity contribution in [1.29, 1.82) is 0 Å². The number of benzene rings is 1. The number of rotatable bonds is 3. The number of methoxy groups -OCH3 is 1. The van der Waals surface area contributed by atoms with Gasteiger partial charge in [0.05, 0.1) is 10.2 Å². The molecule has 0 saturated heterocycles. The Morgan fingerprint density at radius 3 is 2.50 bits per heavy atom. The second kappa shape index (κ2) is 5.46. The Bertz CT molecular complexity index is 545. The van der Waals surface area contributed by atoms with Crippen LogP contribution >= 0.6 is 15.9 Å². The fourth-order valence-electron chi connectivity index (χ4n) is 1.56. The molecule has 0 aliphatic rings. The van der Waals surface area contributed by atoms with Crippen LogP contribution in [0.1, 0.15) is 18.9 Å². The number of hydrogen-bond donors (Lipinski definition) is 1. The summed E-state index contributed by atoms with van der Waals surface area (Å²) in [4.78, 5) is 8.74. The Hall–Kier alpha value is -1.46. The van der Waals surface area contributed by atoms with Crippen molar-refractivity contribution in [2.45, 2.75) is 13.0 Å². The van der Waals surface area contributed by atoms with Gasteiger partial charge in [0.15, 0.2) is 5.82 Å². The monoisotopic (exact) mass is 307 g/mol. The van der Waals surface area contributed by atoms with Crippen LogP contribution < -0.4 is 5.73 Å². The maximum absolute atomic E-state index is 5.90. The molecule has 1 unspecified atom stereocenters. The molecule has 2 rings (SSSR count). The molecular weight excluding hydrogens is 294 g/mol. The molecule has 1 heterocycles. The number of halogens is 1. The first-order valence-corrected chi connectivity index (χ1v) is 6.34. The second-order valence-corrected chi connectivity index (χ2v) is 4.67. The number of nitrogens with two attached hydrogens (primary N) is 1. The highest BCUT2D eigenvalue weighted by molar-refractivity contribution is 9.10. The summed E-state index contributed by atoms with van der Waals surface area (Å²) in [5, 5.41) is 0. The molecule has 5 heteroatoms. The van der Waals surface area contributed by atoms with Gasteiger partial charge < -0.3 is 10.5 Å². The number of nitrogen functional groups attached to an aromatic ring is 1. The van der Waals surface area contributed by atoms with Crippen LogP contribution in [-0.4, -0.2) is 17.1 Å². The van der Waals surface area contributed by atoms with Crippen LogP contribution in [0, 0.1) is 0 Å². The highest BCUT2D eigenvalue weighted by atomic mass is 79.9. The Morgan fingerprint density at radius 1 is 1.22 bits per heavy atom. The van der Waals surface area contributed by atoms with Gasteiger partial charge in [-0.2, -0.15) is 0 Å². The molecule has 4 nitrogen and oxygen atoms in total. The third-order valence-corrected chi connectivity index (χ3v) is 3.44. The molecule has 94 valence electrons. The molecule has 1 aromatic carbocycles. The molecule has 18 heavy (non-hydrogen) atoms. The minimum absolute atomic E-state index is 0.192. The molecule has 0 fully saturated rings. The smallest absolute Gasteiger partial charge is 0.159 e. The third kappa shape index (κ3) is 2.52. The minimum Gasteiger partial charge on any atom is -0.383 e. The van der Waals surface area contributed by atoms with Crippen molar-refractivity contribution in [3.05, 3.63) is 40.6 Å². The van der Waals surface area contributed by atoms with Crippen LogP contribution in [0.5, 0.6) is 0 Å². The van der Waals surface area contributed by atoms with Crippen molar-refractivity contribution in [2.75, 3.05) is 12.8 Å². The normalized spacial score (nSPS) is 12.4. The summed E-state index contributed by atoms with van der Waals surface area (Å²) in [6, 6.07) is 9.83. The Kier molecular flexibility index (Phi) is 3.93. The van der Waals surface area contributed by atoms with Gasteiger partial charge in [-0.05, 0) is 22.9 Å². The van der Waals surface area contributed by atoms with E-state index in [4.69, 9.17) is 10.5 Å². The largest absolute Gasteiger partial charge is 0.383 e. The third-order valence-electron chi connectivity index (χ3n) is 2.66. The topological polar surface area (TPSA) is 61.0 Å². The molecule has 0 radical (unpaired) electrons. The summed E-state index contributed by atoms with van der Waals surface area (Å²) in [5.74, 6) is 1.000. The molecular formula is C13H14BrN3O. The van der Waals surface area contributed by atoms with Crippen LogP contribution in [0.2, 0.25) is 0 Å². The average molecular weight is 308 g/mol. The van der Waals surface area contributed by atoms with E-state index in [0.717, 1.165) is 11.3 Å². The molecule has 2 aromatic rings. The van der Waals surface area contributed by atoms with Crippen LogP contribution in [0.3, 0.4) is 0 Å². The SMILES string of the molecule is COC(C)c1nc(N)c(Br)c(-c2ccccc2)n1. The molecule has 2 N–H and O–H groups in total. The van der Waals surface area contributed by atoms with Crippen molar-refractivity contribution in [2.24, 2.45) is 0 Å². The van der Waals surface area contributed by atoms with Gasteiger partial charge in [-0.1, -0.05) is 30.3 Å². The van der Waals surface area contributed by atoms with E-state index in [9.17, 15) is 0 Å². The van der Waals surface area contributed by atoms with Crippen LogP contribution in [-0.2, 0) is 4.74 Å². The van der Waals surface area contributed by atoms with E-state index in [1.807, 2.05) is 37.3 Å². The van der Waals surface area contributed by atoms with E-state index in [1.54, 1.807) is 7.11 Å². The Morgan fingerprint density at radius 2 is 1.89 bits per heavy atom. The quantitative estimate of drug-likeness (QED) is 0.946. The second-order valence-electron chi connectivity index (χ2n) is 3.87. The van der Waals surface area contributed by atoms with E-state index in [1.165, 1.54) is 0 Å². The van der Waals surface area contributed by atoms with Crippen molar-refractivity contribution in [1.82, 2.24) is 9.97 Å². The van der Waals surface area contributed by atoms with E-state index < -0.39 is 0 Å². The van der Waals surface area contributed by atoms with Gasteiger partial charge in [0, 0.05) is 12.7 Å². The first-order valence-electron chi connectivity index (χ1n) is 5.54. The van der Waals surface area contributed by atoms with E-state index in [0.29, 0.717) is 16.1 Å². The van der Waals surface area contributed by atoms with Gasteiger partial charge >= 0.3 is 0 Å². The van der Waals surface area contributed by atoms with Crippen molar-refractivity contribution in [3.8, 4) is 11.3 Å². The van der Waals surface area contributed by atoms with Crippen molar-refractivity contribution >= 4 is 21.7 Å². The van der Waals surface area contributed by atoms with Gasteiger partial charge in [0.2, 0.25) is 0 Å². The molecule has 0 saturated carbocycles. The number of hydrogen-bond acceptors (Lipinski definition) is 4. The molecule has 1 atom stereocenters. The zero-order valence-electron chi connectivity index (χ0n) is 10.2. The molecule has 0 aliphatic carbocycles. The standard InChI is InChI=1S/C13H14BrN3O/c1-8(18-2)13-16-11(10(14)12(15)17-13)9-6-4-3-5-7-9/h3-8H,1-2H3,(H2,15,16,17). The average Bonchev–Trinajstić information content (AvgIpc) is 2.41. The lowest BCUT2D eigenvalue weighted by Crippen LogP contribution is -2.07. The lowest BCUT2D eigenvalue weighted by atomic mass is 10.1. The van der Waals surface area contributed by atoms with Gasteiger partial charge in [-0.15, -0.1) is 0 Å². The summed E-state index contributed by atoms with van der Waals surface area (Å²) in [7, 11) is 1.62. The Balaban J connectivity index is 2.56. The predicted octanol–water partition coefficient (Wildman–Crippen LogP) is 3.20. The van der Waals surface area contributed by atoms with Crippen LogP contribution in [0.15, 0.2) is 34.8 Å². The molecule has 0 amide bonds. The highest BCUT2D eigenvalue weighted by Gasteiger charge is 2.15. The van der Waals surface area contributed by atoms with Crippen molar-refractivity contribution in [3.63, 3.8) is 0 Å². The van der Waals surface area contributed by atoms with Crippen molar-refractivity contribution < 1.29 is 4.74 Å². The van der Waals surface area contributed by atoms with E-state index in [2.05, 4.69) is 25.9 Å². The maximum atomic E-state index is 5.90.